The molecule has 2 heterocycles. The summed E-state index contributed by atoms with van der Waals surface area (Å²) >= 11 is 8.12. The van der Waals surface area contributed by atoms with Crippen molar-refractivity contribution in [3.8, 4) is 0 Å². The van der Waals surface area contributed by atoms with E-state index in [-0.39, 0.29) is 6.10 Å². The van der Waals surface area contributed by atoms with Gasteiger partial charge in [0.05, 0.1) is 11.1 Å². The van der Waals surface area contributed by atoms with Gasteiger partial charge in [0.1, 0.15) is 0 Å². The third-order valence-electron chi connectivity index (χ3n) is 4.29. The van der Waals surface area contributed by atoms with Gasteiger partial charge < -0.3 is 15.3 Å². The molecule has 2 aliphatic heterocycles. The Kier molecular flexibility index (Phi) is 5.46. The standard InChI is InChI=1S/C16H23ClN2OS/c17-14-5-3-4-13-15(6-9-21-16(13)14)18-10-12(20)11-19-7-1-2-8-19/h3-5,12,15,18,20H,1-2,6-11H2. The van der Waals surface area contributed by atoms with E-state index in [1.54, 1.807) is 0 Å². The molecule has 2 unspecified atom stereocenters. The van der Waals surface area contributed by atoms with Gasteiger partial charge in [0.2, 0.25) is 0 Å². The number of thioether (sulfide) groups is 1. The Morgan fingerprint density at radius 2 is 2.19 bits per heavy atom. The molecule has 2 aliphatic rings. The maximum atomic E-state index is 10.2. The van der Waals surface area contributed by atoms with E-state index in [2.05, 4.69) is 16.3 Å². The van der Waals surface area contributed by atoms with Gasteiger partial charge >= 0.3 is 0 Å². The quantitative estimate of drug-likeness (QED) is 0.872. The van der Waals surface area contributed by atoms with Gasteiger partial charge in [-0.1, -0.05) is 23.7 Å². The Bertz CT molecular complexity index is 479. The molecule has 1 saturated heterocycles. The Morgan fingerprint density at radius 3 is 3.00 bits per heavy atom. The number of hydrogen-bond donors (Lipinski definition) is 2. The van der Waals surface area contributed by atoms with Crippen LogP contribution in [-0.4, -0.2) is 48.0 Å². The number of aliphatic hydroxyl groups excluding tert-OH is 1. The lowest BCUT2D eigenvalue weighted by molar-refractivity contribution is 0.120. The predicted octanol–water partition coefficient (Wildman–Crippen LogP) is 2.92. The normalized spacial score (nSPS) is 24.0. The van der Waals surface area contributed by atoms with E-state index in [1.807, 2.05) is 23.9 Å². The minimum atomic E-state index is -0.291. The van der Waals surface area contributed by atoms with Crippen molar-refractivity contribution in [3.05, 3.63) is 28.8 Å². The number of hydrogen-bond acceptors (Lipinski definition) is 4. The van der Waals surface area contributed by atoms with Crippen molar-refractivity contribution in [1.82, 2.24) is 10.2 Å². The van der Waals surface area contributed by atoms with Crippen LogP contribution in [0.25, 0.3) is 0 Å². The molecular weight excluding hydrogens is 304 g/mol. The van der Waals surface area contributed by atoms with Crippen LogP contribution in [-0.2, 0) is 0 Å². The van der Waals surface area contributed by atoms with Crippen molar-refractivity contribution in [2.45, 2.75) is 36.3 Å². The monoisotopic (exact) mass is 326 g/mol. The number of halogens is 1. The van der Waals surface area contributed by atoms with Gasteiger partial charge in [0, 0.05) is 24.0 Å². The highest BCUT2D eigenvalue weighted by Crippen LogP contribution is 2.40. The number of rotatable bonds is 5. The third-order valence-corrected chi connectivity index (χ3v) is 5.90. The van der Waals surface area contributed by atoms with Gasteiger partial charge in [-0.3, -0.25) is 0 Å². The van der Waals surface area contributed by atoms with Crippen LogP contribution in [0.4, 0.5) is 0 Å². The molecule has 2 atom stereocenters. The summed E-state index contributed by atoms with van der Waals surface area (Å²) in [5, 5.41) is 14.6. The van der Waals surface area contributed by atoms with E-state index >= 15 is 0 Å². The molecule has 21 heavy (non-hydrogen) atoms. The van der Waals surface area contributed by atoms with Crippen LogP contribution in [0.1, 0.15) is 30.9 Å². The van der Waals surface area contributed by atoms with Crippen LogP contribution < -0.4 is 5.32 Å². The summed E-state index contributed by atoms with van der Waals surface area (Å²) in [5.41, 5.74) is 1.28. The Morgan fingerprint density at radius 1 is 1.38 bits per heavy atom. The number of nitrogens with zero attached hydrogens (tertiary/aromatic N) is 1. The van der Waals surface area contributed by atoms with Gasteiger partial charge in [-0.05, 0) is 49.7 Å². The van der Waals surface area contributed by atoms with E-state index < -0.39 is 0 Å². The van der Waals surface area contributed by atoms with Crippen LogP contribution in [0, 0.1) is 0 Å². The second-order valence-corrected chi connectivity index (χ2v) is 7.43. The van der Waals surface area contributed by atoms with Crippen molar-refractivity contribution in [2.75, 3.05) is 31.9 Å². The molecule has 0 radical (unpaired) electrons. The van der Waals surface area contributed by atoms with Crippen molar-refractivity contribution in [2.24, 2.45) is 0 Å². The number of benzene rings is 1. The Labute approximate surface area is 136 Å². The van der Waals surface area contributed by atoms with E-state index in [1.165, 1.54) is 23.3 Å². The van der Waals surface area contributed by atoms with Crippen molar-refractivity contribution in [1.29, 1.82) is 0 Å². The van der Waals surface area contributed by atoms with Crippen molar-refractivity contribution in [3.63, 3.8) is 0 Å². The van der Waals surface area contributed by atoms with Crippen LogP contribution in [0.5, 0.6) is 0 Å². The fraction of sp³-hybridized carbons (Fsp3) is 0.625. The Balaban J connectivity index is 1.55. The summed E-state index contributed by atoms with van der Waals surface area (Å²) in [6.07, 6.45) is 3.34. The fourth-order valence-corrected chi connectivity index (χ4v) is 4.69. The lowest BCUT2D eigenvalue weighted by Crippen LogP contribution is -2.39. The number of fused-ring (bicyclic) bond motifs is 1. The van der Waals surface area contributed by atoms with Gasteiger partial charge in [-0.15, -0.1) is 11.8 Å². The maximum Gasteiger partial charge on any atom is 0.0791 e. The maximum absolute atomic E-state index is 10.2. The van der Waals surface area contributed by atoms with Crippen molar-refractivity contribution < 1.29 is 5.11 Å². The summed E-state index contributed by atoms with van der Waals surface area (Å²) < 4.78 is 0. The minimum Gasteiger partial charge on any atom is -0.390 e. The molecule has 116 valence electrons. The van der Waals surface area contributed by atoms with Gasteiger partial charge in [-0.2, -0.15) is 0 Å². The van der Waals surface area contributed by atoms with E-state index in [9.17, 15) is 5.11 Å². The average Bonchev–Trinajstić information content (AvgIpc) is 2.98. The minimum absolute atomic E-state index is 0.291. The molecular formula is C16H23ClN2OS. The summed E-state index contributed by atoms with van der Waals surface area (Å²) in [6, 6.07) is 6.44. The van der Waals surface area contributed by atoms with Crippen LogP contribution >= 0.6 is 23.4 Å². The molecule has 5 heteroatoms. The molecule has 1 fully saturated rings. The zero-order valence-corrected chi connectivity index (χ0v) is 13.8. The third kappa shape index (κ3) is 3.93. The second kappa shape index (κ2) is 7.34. The molecule has 1 aromatic carbocycles. The van der Waals surface area contributed by atoms with Crippen LogP contribution in [0.15, 0.2) is 23.1 Å². The fourth-order valence-electron chi connectivity index (χ4n) is 3.20. The molecule has 0 spiro atoms. The van der Waals surface area contributed by atoms with E-state index in [0.29, 0.717) is 12.6 Å². The number of β-amino-alcohol motifs (C(OH)–C–C–N with tert-alkyl or cyclic N) is 1. The van der Waals surface area contributed by atoms with Crippen molar-refractivity contribution >= 4 is 23.4 Å². The average molecular weight is 327 g/mol. The molecule has 3 rings (SSSR count). The first-order valence-corrected chi connectivity index (χ1v) is 9.15. The molecule has 2 N–H and O–H groups in total. The molecule has 0 aromatic heterocycles. The van der Waals surface area contributed by atoms with Gasteiger partial charge in [0.15, 0.2) is 0 Å². The van der Waals surface area contributed by atoms with Crippen LogP contribution in [0.3, 0.4) is 0 Å². The van der Waals surface area contributed by atoms with E-state index in [0.717, 1.165) is 36.8 Å². The summed E-state index contributed by atoms with van der Waals surface area (Å²) in [4.78, 5) is 3.56. The van der Waals surface area contributed by atoms with Gasteiger partial charge in [0.25, 0.3) is 0 Å². The molecule has 0 bridgehead atoms. The smallest absolute Gasteiger partial charge is 0.0791 e. The first-order valence-electron chi connectivity index (χ1n) is 7.79. The number of aliphatic hydroxyl groups is 1. The summed E-state index contributed by atoms with van der Waals surface area (Å²) in [5.74, 6) is 1.08. The highest BCUT2D eigenvalue weighted by molar-refractivity contribution is 7.99. The SMILES string of the molecule is OC(CNC1CCSc2c(Cl)cccc21)CN1CCCC1. The highest BCUT2D eigenvalue weighted by Gasteiger charge is 2.23. The number of likely N-dealkylation sites (tertiary alicyclic amines) is 1. The Hall–Kier alpha value is -0.260. The lowest BCUT2D eigenvalue weighted by atomic mass is 10.0. The summed E-state index contributed by atoms with van der Waals surface area (Å²) in [6.45, 7) is 3.71. The molecule has 1 aromatic rings. The predicted molar refractivity (Wildman–Crippen MR) is 89.2 cm³/mol. The first kappa shape index (κ1) is 15.6. The van der Waals surface area contributed by atoms with Crippen LogP contribution in [0.2, 0.25) is 5.02 Å². The zero-order chi connectivity index (χ0) is 14.7. The molecule has 3 nitrogen and oxygen atoms in total. The van der Waals surface area contributed by atoms with Gasteiger partial charge in [-0.25, -0.2) is 0 Å². The largest absolute Gasteiger partial charge is 0.390 e. The topological polar surface area (TPSA) is 35.5 Å². The summed E-state index contributed by atoms with van der Waals surface area (Å²) in [7, 11) is 0. The highest BCUT2D eigenvalue weighted by atomic mass is 35.5. The lowest BCUT2D eigenvalue weighted by Gasteiger charge is -2.28. The molecule has 0 aliphatic carbocycles. The second-order valence-electron chi connectivity index (χ2n) is 5.92. The van der Waals surface area contributed by atoms with E-state index in [4.69, 9.17) is 11.6 Å². The molecule has 0 amide bonds. The zero-order valence-electron chi connectivity index (χ0n) is 12.2. The number of nitrogens with one attached hydrogen (secondary N) is 1. The first-order chi connectivity index (χ1) is 10.2. The molecule has 0 saturated carbocycles.